The first kappa shape index (κ1) is 11.9. The van der Waals surface area contributed by atoms with E-state index in [4.69, 9.17) is 15.2 Å². The van der Waals surface area contributed by atoms with Crippen molar-refractivity contribution < 1.29 is 23.0 Å². The molecule has 1 unspecified atom stereocenters. The summed E-state index contributed by atoms with van der Waals surface area (Å²) in [6.07, 6.45) is 0.429. The van der Waals surface area contributed by atoms with E-state index in [1.54, 1.807) is 13.0 Å². The van der Waals surface area contributed by atoms with Gasteiger partial charge in [-0.15, -0.1) is 0 Å². The molecule has 0 radical (unpaired) electrons. The topological polar surface area (TPSA) is 53.7 Å². The molecule has 0 saturated heterocycles. The van der Waals surface area contributed by atoms with Crippen molar-refractivity contribution in [2.75, 3.05) is 6.79 Å². The lowest BCUT2D eigenvalue weighted by Gasteiger charge is -2.13. The number of nitrogens with two attached hydrogens (primary N) is 1. The number of fused-ring (bicyclic) bond motifs is 1. The molecule has 17 heavy (non-hydrogen) atoms. The van der Waals surface area contributed by atoms with Gasteiger partial charge >= 0.3 is 6.61 Å². The number of hydrogen-bond acceptors (Lipinski definition) is 4. The van der Waals surface area contributed by atoms with Crippen molar-refractivity contribution in [1.29, 1.82) is 0 Å². The zero-order valence-corrected chi connectivity index (χ0v) is 9.28. The van der Waals surface area contributed by atoms with Crippen molar-refractivity contribution in [3.8, 4) is 17.2 Å². The fourth-order valence-electron chi connectivity index (χ4n) is 1.68. The van der Waals surface area contributed by atoms with Gasteiger partial charge in [-0.2, -0.15) is 8.78 Å². The van der Waals surface area contributed by atoms with E-state index in [-0.39, 0.29) is 18.6 Å². The van der Waals surface area contributed by atoms with Gasteiger partial charge in [0.1, 0.15) is 5.75 Å². The zero-order valence-electron chi connectivity index (χ0n) is 9.28. The third-order valence-corrected chi connectivity index (χ3v) is 2.31. The average Bonchev–Trinajstić information content (AvgIpc) is 2.63. The van der Waals surface area contributed by atoms with E-state index >= 15 is 0 Å². The van der Waals surface area contributed by atoms with Gasteiger partial charge in [0, 0.05) is 12.1 Å². The summed E-state index contributed by atoms with van der Waals surface area (Å²) in [5.74, 6) is 1.03. The first-order valence-corrected chi connectivity index (χ1v) is 5.19. The standard InChI is InChI=1S/C11H13F2NO3/c1-6(14)2-7-3-9-10(16-5-15-9)4-8(7)17-11(12)13/h3-4,6,11H,2,5,14H2,1H3. The number of benzene rings is 1. The summed E-state index contributed by atoms with van der Waals surface area (Å²) in [7, 11) is 0. The van der Waals surface area contributed by atoms with Crippen LogP contribution in [0.15, 0.2) is 12.1 Å². The molecule has 1 aliphatic rings. The maximum atomic E-state index is 12.3. The molecule has 2 rings (SSSR count). The second kappa shape index (κ2) is 4.75. The second-order valence-electron chi connectivity index (χ2n) is 3.87. The Kier molecular flexibility index (Phi) is 3.33. The van der Waals surface area contributed by atoms with Crippen LogP contribution in [0.25, 0.3) is 0 Å². The molecule has 0 spiro atoms. The minimum Gasteiger partial charge on any atom is -0.454 e. The van der Waals surface area contributed by atoms with Crippen LogP contribution in [0.5, 0.6) is 17.2 Å². The molecule has 1 aromatic rings. The van der Waals surface area contributed by atoms with Crippen molar-refractivity contribution in [3.05, 3.63) is 17.7 Å². The molecule has 0 fully saturated rings. The highest BCUT2D eigenvalue weighted by atomic mass is 19.3. The smallest absolute Gasteiger partial charge is 0.387 e. The molecule has 94 valence electrons. The van der Waals surface area contributed by atoms with Crippen molar-refractivity contribution in [2.24, 2.45) is 5.73 Å². The Hall–Kier alpha value is -1.56. The molecule has 0 amide bonds. The lowest BCUT2D eigenvalue weighted by molar-refractivity contribution is -0.0505. The summed E-state index contributed by atoms with van der Waals surface area (Å²) in [5, 5.41) is 0. The number of rotatable bonds is 4. The summed E-state index contributed by atoms with van der Waals surface area (Å²) in [4.78, 5) is 0. The van der Waals surface area contributed by atoms with E-state index in [1.165, 1.54) is 6.07 Å². The largest absolute Gasteiger partial charge is 0.454 e. The van der Waals surface area contributed by atoms with E-state index in [9.17, 15) is 8.78 Å². The number of ether oxygens (including phenoxy) is 3. The van der Waals surface area contributed by atoms with Crippen LogP contribution in [-0.4, -0.2) is 19.4 Å². The predicted molar refractivity (Wildman–Crippen MR) is 56.6 cm³/mol. The minimum atomic E-state index is -2.87. The van der Waals surface area contributed by atoms with Crippen LogP contribution >= 0.6 is 0 Å². The molecule has 2 N–H and O–H groups in total. The van der Waals surface area contributed by atoms with E-state index in [1.807, 2.05) is 0 Å². The normalized spacial score (nSPS) is 15.1. The molecule has 0 bridgehead atoms. The summed E-state index contributed by atoms with van der Waals surface area (Å²) < 4.78 is 39.3. The van der Waals surface area contributed by atoms with Gasteiger partial charge in [0.05, 0.1) is 0 Å². The Morgan fingerprint density at radius 3 is 2.59 bits per heavy atom. The third-order valence-electron chi connectivity index (χ3n) is 2.31. The van der Waals surface area contributed by atoms with Gasteiger partial charge in [-0.05, 0) is 25.0 Å². The molecule has 1 atom stereocenters. The van der Waals surface area contributed by atoms with Gasteiger partial charge in [0.25, 0.3) is 0 Å². The highest BCUT2D eigenvalue weighted by Gasteiger charge is 2.20. The quantitative estimate of drug-likeness (QED) is 0.880. The van der Waals surface area contributed by atoms with E-state index in [2.05, 4.69) is 4.74 Å². The fourth-order valence-corrected chi connectivity index (χ4v) is 1.68. The molecule has 1 heterocycles. The van der Waals surface area contributed by atoms with Crippen LogP contribution in [0.1, 0.15) is 12.5 Å². The maximum Gasteiger partial charge on any atom is 0.387 e. The van der Waals surface area contributed by atoms with Crippen molar-refractivity contribution in [3.63, 3.8) is 0 Å². The van der Waals surface area contributed by atoms with Crippen LogP contribution < -0.4 is 19.9 Å². The van der Waals surface area contributed by atoms with Crippen molar-refractivity contribution in [2.45, 2.75) is 26.0 Å². The van der Waals surface area contributed by atoms with Crippen LogP contribution in [0.3, 0.4) is 0 Å². The molecule has 0 saturated carbocycles. The van der Waals surface area contributed by atoms with Crippen LogP contribution in [0, 0.1) is 0 Å². The first-order chi connectivity index (χ1) is 8.06. The SMILES string of the molecule is CC(N)Cc1cc2c(cc1OC(F)F)OCO2. The summed E-state index contributed by atoms with van der Waals surface area (Å²) in [5.41, 5.74) is 6.24. The highest BCUT2D eigenvalue weighted by Crippen LogP contribution is 2.39. The molecule has 0 aliphatic carbocycles. The van der Waals surface area contributed by atoms with E-state index in [0.717, 1.165) is 0 Å². The van der Waals surface area contributed by atoms with Gasteiger partial charge in [-0.3, -0.25) is 0 Å². The van der Waals surface area contributed by atoms with Gasteiger partial charge < -0.3 is 19.9 Å². The van der Waals surface area contributed by atoms with Crippen LogP contribution in [0.4, 0.5) is 8.78 Å². The zero-order chi connectivity index (χ0) is 12.4. The Morgan fingerprint density at radius 2 is 2.00 bits per heavy atom. The van der Waals surface area contributed by atoms with Crippen LogP contribution in [0.2, 0.25) is 0 Å². The van der Waals surface area contributed by atoms with Crippen molar-refractivity contribution in [1.82, 2.24) is 0 Å². The Labute approximate surface area is 97.3 Å². The molecule has 0 aromatic heterocycles. The van der Waals surface area contributed by atoms with Crippen LogP contribution in [-0.2, 0) is 6.42 Å². The summed E-state index contributed by atoms with van der Waals surface area (Å²) in [6, 6.07) is 2.88. The minimum absolute atomic E-state index is 0.0848. The number of halogens is 2. The van der Waals surface area contributed by atoms with Crippen molar-refractivity contribution >= 4 is 0 Å². The second-order valence-corrected chi connectivity index (χ2v) is 3.87. The van der Waals surface area contributed by atoms with Gasteiger partial charge in [0.2, 0.25) is 6.79 Å². The lowest BCUT2D eigenvalue weighted by Crippen LogP contribution is -2.18. The predicted octanol–water partition coefficient (Wildman–Crippen LogP) is 1.91. The number of alkyl halides is 2. The summed E-state index contributed by atoms with van der Waals surface area (Å²) >= 11 is 0. The Bertz CT molecular complexity index is 373. The van der Waals surface area contributed by atoms with Gasteiger partial charge in [0.15, 0.2) is 11.5 Å². The molecule has 1 aromatic carbocycles. The first-order valence-electron chi connectivity index (χ1n) is 5.19. The monoisotopic (exact) mass is 245 g/mol. The molecular formula is C11H13F2NO3. The van der Waals surface area contributed by atoms with E-state index in [0.29, 0.717) is 23.5 Å². The lowest BCUT2D eigenvalue weighted by atomic mass is 10.1. The third kappa shape index (κ3) is 2.76. The molecule has 6 heteroatoms. The Balaban J connectivity index is 2.32. The van der Waals surface area contributed by atoms with E-state index < -0.39 is 6.61 Å². The average molecular weight is 245 g/mol. The molecule has 4 nitrogen and oxygen atoms in total. The Morgan fingerprint density at radius 1 is 1.35 bits per heavy atom. The maximum absolute atomic E-state index is 12.3. The fraction of sp³-hybridized carbons (Fsp3) is 0.455. The van der Waals surface area contributed by atoms with Gasteiger partial charge in [-0.1, -0.05) is 0 Å². The molecular weight excluding hydrogens is 232 g/mol. The highest BCUT2D eigenvalue weighted by molar-refractivity contribution is 5.52. The van der Waals surface area contributed by atoms with Gasteiger partial charge in [-0.25, -0.2) is 0 Å². The number of hydrogen-bond donors (Lipinski definition) is 1. The summed E-state index contributed by atoms with van der Waals surface area (Å²) in [6.45, 7) is -0.996. The molecule has 1 aliphatic heterocycles.